The summed E-state index contributed by atoms with van der Waals surface area (Å²) in [7, 11) is 0. The number of halogens is 1. The van der Waals surface area contributed by atoms with Gasteiger partial charge in [-0.25, -0.2) is 4.99 Å². The van der Waals surface area contributed by atoms with Gasteiger partial charge in [0.25, 0.3) is 5.91 Å². The minimum Gasteiger partial charge on any atom is -0.494 e. The van der Waals surface area contributed by atoms with E-state index in [1.807, 2.05) is 66.7 Å². The van der Waals surface area contributed by atoms with Crippen LogP contribution in [-0.2, 0) is 16.0 Å². The van der Waals surface area contributed by atoms with Gasteiger partial charge in [0, 0.05) is 36.0 Å². The molecule has 0 aromatic heterocycles. The molecule has 46 heavy (non-hydrogen) atoms. The SMILES string of the molecule is O=C(NCC1CCCCC1)[C@]1(Cc2ccc(Br)cc2)N=C(c2ccc(OCCCO)cc2)O[C@@H]1c1ccc(-c2ccccc2)cc1. The molecule has 0 unspecified atom stereocenters. The van der Waals surface area contributed by atoms with Gasteiger partial charge in [-0.3, -0.25) is 4.79 Å². The van der Waals surface area contributed by atoms with Gasteiger partial charge in [0.05, 0.1) is 6.61 Å². The van der Waals surface area contributed by atoms with Gasteiger partial charge in [-0.15, -0.1) is 0 Å². The number of nitrogens with zero attached hydrogens (tertiary/aromatic N) is 1. The summed E-state index contributed by atoms with van der Waals surface area (Å²) in [5.74, 6) is 1.51. The molecule has 1 amide bonds. The van der Waals surface area contributed by atoms with Crippen LogP contribution in [0.2, 0.25) is 0 Å². The fourth-order valence-corrected chi connectivity index (χ4v) is 6.72. The van der Waals surface area contributed by atoms with Gasteiger partial charge < -0.3 is 19.9 Å². The third kappa shape index (κ3) is 7.54. The van der Waals surface area contributed by atoms with Crippen molar-refractivity contribution in [2.24, 2.45) is 10.9 Å². The van der Waals surface area contributed by atoms with Gasteiger partial charge in [0.15, 0.2) is 11.6 Å². The van der Waals surface area contributed by atoms with E-state index in [0.29, 0.717) is 43.6 Å². The normalized spacial score (nSPS) is 19.7. The quantitative estimate of drug-likeness (QED) is 0.148. The van der Waals surface area contributed by atoms with E-state index in [2.05, 4.69) is 57.6 Å². The zero-order chi connectivity index (χ0) is 31.8. The summed E-state index contributed by atoms with van der Waals surface area (Å²) in [6.45, 7) is 1.16. The van der Waals surface area contributed by atoms with Gasteiger partial charge in [0.1, 0.15) is 5.75 Å². The second-order valence-corrected chi connectivity index (χ2v) is 13.2. The highest BCUT2D eigenvalue weighted by Crippen LogP contribution is 2.43. The van der Waals surface area contributed by atoms with Crippen LogP contribution in [0.15, 0.2) is 113 Å². The van der Waals surface area contributed by atoms with Crippen molar-refractivity contribution in [2.75, 3.05) is 19.8 Å². The van der Waals surface area contributed by atoms with Crippen LogP contribution in [-0.4, -0.2) is 42.2 Å². The first-order valence-corrected chi connectivity index (χ1v) is 17.1. The van der Waals surface area contributed by atoms with Crippen molar-refractivity contribution < 1.29 is 19.4 Å². The van der Waals surface area contributed by atoms with Gasteiger partial charge >= 0.3 is 0 Å². The lowest BCUT2D eigenvalue weighted by atomic mass is 9.81. The summed E-state index contributed by atoms with van der Waals surface area (Å²) in [6, 6.07) is 34.3. The molecule has 0 saturated heterocycles. The second kappa shape index (κ2) is 15.1. The molecular formula is C39H41BrN2O4. The van der Waals surface area contributed by atoms with E-state index in [1.165, 1.54) is 19.3 Å². The number of amides is 1. The van der Waals surface area contributed by atoms with E-state index < -0.39 is 11.6 Å². The molecule has 1 aliphatic heterocycles. The first-order chi connectivity index (χ1) is 22.5. The van der Waals surface area contributed by atoms with Gasteiger partial charge in [-0.1, -0.05) is 102 Å². The summed E-state index contributed by atoms with van der Waals surface area (Å²) in [5.41, 5.74) is 3.68. The second-order valence-electron chi connectivity index (χ2n) is 12.3. The van der Waals surface area contributed by atoms with E-state index in [4.69, 9.17) is 19.6 Å². The van der Waals surface area contributed by atoms with Crippen molar-refractivity contribution in [1.82, 2.24) is 5.32 Å². The number of carbonyl (C=O) groups is 1. The Bertz CT molecular complexity index is 1600. The molecule has 238 valence electrons. The number of aliphatic hydroxyl groups is 1. The van der Waals surface area contributed by atoms with Gasteiger partial charge in [0.2, 0.25) is 5.90 Å². The molecule has 2 N–H and O–H groups in total. The number of ether oxygens (including phenoxy) is 2. The smallest absolute Gasteiger partial charge is 0.252 e. The fraction of sp³-hybridized carbons (Fsp3) is 0.333. The minimum atomic E-state index is -1.22. The Kier molecular flexibility index (Phi) is 10.5. The number of nitrogens with one attached hydrogen (secondary N) is 1. The number of aliphatic imine (C=N–C) groups is 1. The molecule has 1 aliphatic carbocycles. The Balaban J connectivity index is 1.38. The molecule has 0 spiro atoms. The highest BCUT2D eigenvalue weighted by Gasteiger charge is 2.53. The Labute approximate surface area is 280 Å². The molecule has 2 atom stereocenters. The van der Waals surface area contributed by atoms with E-state index in [1.54, 1.807) is 0 Å². The number of benzene rings is 4. The monoisotopic (exact) mass is 680 g/mol. The van der Waals surface area contributed by atoms with E-state index in [0.717, 1.165) is 45.1 Å². The largest absolute Gasteiger partial charge is 0.494 e. The van der Waals surface area contributed by atoms with Crippen LogP contribution >= 0.6 is 15.9 Å². The Morgan fingerprint density at radius 1 is 0.870 bits per heavy atom. The van der Waals surface area contributed by atoms with Crippen LogP contribution in [0.5, 0.6) is 5.75 Å². The first kappa shape index (κ1) is 32.0. The summed E-state index contributed by atoms with van der Waals surface area (Å²) < 4.78 is 13.5. The predicted octanol–water partition coefficient (Wildman–Crippen LogP) is 8.07. The van der Waals surface area contributed by atoms with Crippen molar-refractivity contribution in [3.63, 3.8) is 0 Å². The third-order valence-electron chi connectivity index (χ3n) is 9.01. The maximum absolute atomic E-state index is 14.6. The summed E-state index contributed by atoms with van der Waals surface area (Å²) in [4.78, 5) is 19.8. The molecule has 4 aromatic carbocycles. The average Bonchev–Trinajstić information content (AvgIpc) is 3.50. The molecule has 6 rings (SSSR count). The van der Waals surface area contributed by atoms with Crippen LogP contribution in [0.3, 0.4) is 0 Å². The molecule has 1 heterocycles. The Hall–Kier alpha value is -3.94. The lowest BCUT2D eigenvalue weighted by Gasteiger charge is -2.32. The lowest BCUT2D eigenvalue weighted by molar-refractivity contribution is -0.129. The predicted molar refractivity (Wildman–Crippen MR) is 186 cm³/mol. The number of hydrogen-bond acceptors (Lipinski definition) is 5. The molecule has 2 aliphatic rings. The highest BCUT2D eigenvalue weighted by atomic mass is 79.9. The van der Waals surface area contributed by atoms with Crippen LogP contribution in [0.25, 0.3) is 11.1 Å². The summed E-state index contributed by atoms with van der Waals surface area (Å²) in [5, 5.41) is 12.4. The molecule has 0 bridgehead atoms. The Morgan fingerprint density at radius 2 is 1.54 bits per heavy atom. The summed E-state index contributed by atoms with van der Waals surface area (Å²) >= 11 is 3.56. The minimum absolute atomic E-state index is 0.0830. The Morgan fingerprint density at radius 3 is 2.24 bits per heavy atom. The van der Waals surface area contributed by atoms with Crippen LogP contribution in [0.4, 0.5) is 0 Å². The van der Waals surface area contributed by atoms with Crippen molar-refractivity contribution in [2.45, 2.75) is 56.6 Å². The van der Waals surface area contributed by atoms with Crippen LogP contribution < -0.4 is 10.1 Å². The van der Waals surface area contributed by atoms with E-state index in [-0.39, 0.29) is 12.5 Å². The maximum atomic E-state index is 14.6. The fourth-order valence-electron chi connectivity index (χ4n) is 6.46. The number of hydrogen-bond donors (Lipinski definition) is 2. The number of carbonyl (C=O) groups excluding carboxylic acids is 1. The average molecular weight is 682 g/mol. The number of aliphatic hydroxyl groups excluding tert-OH is 1. The zero-order valence-electron chi connectivity index (χ0n) is 26.0. The van der Waals surface area contributed by atoms with Crippen molar-refractivity contribution in [3.05, 3.63) is 124 Å². The zero-order valence-corrected chi connectivity index (χ0v) is 27.6. The van der Waals surface area contributed by atoms with Crippen molar-refractivity contribution in [3.8, 4) is 16.9 Å². The maximum Gasteiger partial charge on any atom is 0.252 e. The van der Waals surface area contributed by atoms with Gasteiger partial charge in [-0.2, -0.15) is 0 Å². The summed E-state index contributed by atoms with van der Waals surface area (Å²) in [6.07, 6.45) is 6.29. The molecule has 6 nitrogen and oxygen atoms in total. The van der Waals surface area contributed by atoms with Crippen LogP contribution in [0.1, 0.15) is 61.3 Å². The standard InChI is InChI=1S/C39H41BrN2O4/c40-34-20-12-28(13-21-34)26-39(38(44)41-27-29-8-3-1-4-9-29)36(32-16-14-31(15-17-32)30-10-5-2-6-11-30)46-37(42-39)33-18-22-35(23-19-33)45-25-7-24-43/h2,5-6,10-23,29,36,43H,1,3-4,7-9,24-27H2,(H,41,44)/t36-,39-/m1/s1. The van der Waals surface area contributed by atoms with Gasteiger partial charge in [-0.05, 0) is 77.4 Å². The molecule has 4 aromatic rings. The topological polar surface area (TPSA) is 80.2 Å². The molecule has 0 radical (unpaired) electrons. The van der Waals surface area contributed by atoms with Crippen molar-refractivity contribution in [1.29, 1.82) is 0 Å². The molecule has 7 heteroatoms. The molecule has 1 fully saturated rings. The highest BCUT2D eigenvalue weighted by molar-refractivity contribution is 9.10. The van der Waals surface area contributed by atoms with Crippen LogP contribution in [0, 0.1) is 5.92 Å². The number of rotatable bonds is 12. The lowest BCUT2D eigenvalue weighted by Crippen LogP contribution is -2.51. The first-order valence-electron chi connectivity index (χ1n) is 16.3. The third-order valence-corrected chi connectivity index (χ3v) is 9.54. The van der Waals surface area contributed by atoms with E-state index in [9.17, 15) is 4.79 Å². The van der Waals surface area contributed by atoms with Crippen molar-refractivity contribution >= 4 is 27.7 Å². The molecule has 1 saturated carbocycles. The molecular weight excluding hydrogens is 640 g/mol. The van der Waals surface area contributed by atoms with E-state index >= 15 is 0 Å².